The Morgan fingerprint density at radius 2 is 2.10 bits per heavy atom. The fourth-order valence-corrected chi connectivity index (χ4v) is 2.02. The SMILES string of the molecule is CN(C)CCNC(C(N)=O)c1cnn(-c2ccccc2)c1. The third-order valence-electron chi connectivity index (χ3n) is 3.15. The molecule has 0 bridgehead atoms. The number of hydrogen-bond acceptors (Lipinski definition) is 4. The van der Waals surface area contributed by atoms with Gasteiger partial charge in [-0.05, 0) is 26.2 Å². The Balaban J connectivity index is 2.11. The van der Waals surface area contributed by atoms with Gasteiger partial charge >= 0.3 is 0 Å². The lowest BCUT2D eigenvalue weighted by Gasteiger charge is -2.16. The van der Waals surface area contributed by atoms with Gasteiger partial charge in [-0.15, -0.1) is 0 Å². The summed E-state index contributed by atoms with van der Waals surface area (Å²) in [5.74, 6) is -0.402. The van der Waals surface area contributed by atoms with Crippen molar-refractivity contribution in [1.82, 2.24) is 20.0 Å². The Kier molecular flexibility index (Phi) is 5.08. The number of primary amides is 1. The molecule has 0 aliphatic heterocycles. The summed E-state index contributed by atoms with van der Waals surface area (Å²) in [4.78, 5) is 13.7. The van der Waals surface area contributed by atoms with Crippen LogP contribution >= 0.6 is 0 Å². The normalized spacial score (nSPS) is 12.5. The van der Waals surface area contributed by atoms with E-state index in [4.69, 9.17) is 5.73 Å². The van der Waals surface area contributed by atoms with Crippen molar-refractivity contribution in [2.45, 2.75) is 6.04 Å². The van der Waals surface area contributed by atoms with Gasteiger partial charge in [-0.1, -0.05) is 18.2 Å². The molecule has 0 aliphatic carbocycles. The number of nitrogens with one attached hydrogen (secondary N) is 1. The molecule has 0 fully saturated rings. The molecular formula is C15H21N5O. The van der Waals surface area contributed by atoms with Crippen molar-refractivity contribution in [3.63, 3.8) is 0 Å². The molecule has 1 unspecified atom stereocenters. The van der Waals surface area contributed by atoms with Crippen LogP contribution < -0.4 is 11.1 Å². The van der Waals surface area contributed by atoms with E-state index in [1.54, 1.807) is 10.9 Å². The number of para-hydroxylation sites is 1. The predicted octanol–water partition coefficient (Wildman–Crippen LogP) is 0.550. The number of hydrogen-bond donors (Lipinski definition) is 2. The smallest absolute Gasteiger partial charge is 0.239 e. The number of carbonyl (C=O) groups excluding carboxylic acids is 1. The van der Waals surface area contributed by atoms with Gasteiger partial charge in [0.2, 0.25) is 5.91 Å². The highest BCUT2D eigenvalue weighted by Gasteiger charge is 2.19. The first-order valence-electron chi connectivity index (χ1n) is 6.85. The van der Waals surface area contributed by atoms with Gasteiger partial charge in [0.25, 0.3) is 0 Å². The van der Waals surface area contributed by atoms with Crippen LogP contribution in [0.15, 0.2) is 42.7 Å². The minimum atomic E-state index is -0.526. The van der Waals surface area contributed by atoms with Gasteiger partial charge in [0.05, 0.1) is 11.9 Å². The predicted molar refractivity (Wildman–Crippen MR) is 82.1 cm³/mol. The quantitative estimate of drug-likeness (QED) is 0.780. The Morgan fingerprint density at radius 1 is 1.38 bits per heavy atom. The van der Waals surface area contributed by atoms with Crippen LogP contribution in [0.2, 0.25) is 0 Å². The summed E-state index contributed by atoms with van der Waals surface area (Å²) in [6.45, 7) is 1.51. The minimum Gasteiger partial charge on any atom is -0.368 e. The number of amides is 1. The maximum atomic E-state index is 11.6. The molecule has 0 radical (unpaired) electrons. The summed E-state index contributed by atoms with van der Waals surface area (Å²) >= 11 is 0. The molecule has 1 aromatic carbocycles. The maximum absolute atomic E-state index is 11.6. The van der Waals surface area contributed by atoms with Crippen molar-refractivity contribution < 1.29 is 4.79 Å². The van der Waals surface area contributed by atoms with Crippen LogP contribution in [0.1, 0.15) is 11.6 Å². The van der Waals surface area contributed by atoms with Crippen molar-refractivity contribution in [2.24, 2.45) is 5.73 Å². The molecule has 6 nitrogen and oxygen atoms in total. The first-order valence-corrected chi connectivity index (χ1v) is 6.85. The lowest BCUT2D eigenvalue weighted by Crippen LogP contribution is -2.37. The van der Waals surface area contributed by atoms with Crippen LogP contribution in [0, 0.1) is 0 Å². The molecule has 1 heterocycles. The molecule has 6 heteroatoms. The van der Waals surface area contributed by atoms with E-state index in [0.717, 1.165) is 17.8 Å². The topological polar surface area (TPSA) is 76.2 Å². The van der Waals surface area contributed by atoms with E-state index in [9.17, 15) is 4.79 Å². The fourth-order valence-electron chi connectivity index (χ4n) is 2.02. The van der Waals surface area contributed by atoms with Gasteiger partial charge in [-0.3, -0.25) is 4.79 Å². The molecule has 3 N–H and O–H groups in total. The molecule has 0 spiro atoms. The van der Waals surface area contributed by atoms with E-state index in [-0.39, 0.29) is 0 Å². The van der Waals surface area contributed by atoms with Crippen LogP contribution in [-0.2, 0) is 4.79 Å². The molecule has 0 saturated carbocycles. The molecule has 2 aromatic rings. The van der Waals surface area contributed by atoms with Crippen LogP contribution in [0.3, 0.4) is 0 Å². The summed E-state index contributed by atoms with van der Waals surface area (Å²) in [5, 5.41) is 7.45. The van der Waals surface area contributed by atoms with E-state index in [0.29, 0.717) is 6.54 Å². The van der Waals surface area contributed by atoms with Crippen molar-refractivity contribution in [3.05, 3.63) is 48.3 Å². The lowest BCUT2D eigenvalue weighted by molar-refractivity contribution is -0.120. The van der Waals surface area contributed by atoms with Crippen molar-refractivity contribution in [3.8, 4) is 5.69 Å². The van der Waals surface area contributed by atoms with Crippen LogP contribution in [-0.4, -0.2) is 47.8 Å². The van der Waals surface area contributed by atoms with Gasteiger partial charge in [-0.2, -0.15) is 5.10 Å². The molecule has 1 aromatic heterocycles. The first-order chi connectivity index (χ1) is 10.1. The summed E-state index contributed by atoms with van der Waals surface area (Å²) < 4.78 is 1.74. The van der Waals surface area contributed by atoms with E-state index in [1.165, 1.54) is 0 Å². The zero-order valence-electron chi connectivity index (χ0n) is 12.4. The standard InChI is InChI=1S/C15H21N5O/c1-19(2)9-8-17-14(15(16)21)12-10-18-20(11-12)13-6-4-3-5-7-13/h3-7,10-11,14,17H,8-9H2,1-2H3,(H2,16,21). The Morgan fingerprint density at radius 3 is 2.71 bits per heavy atom. The van der Waals surface area contributed by atoms with Gasteiger partial charge in [0.15, 0.2) is 0 Å². The average molecular weight is 287 g/mol. The Bertz CT molecular complexity index is 579. The fraction of sp³-hybridized carbons (Fsp3) is 0.333. The zero-order valence-corrected chi connectivity index (χ0v) is 12.4. The second-order valence-corrected chi connectivity index (χ2v) is 5.15. The summed E-state index contributed by atoms with van der Waals surface area (Å²) in [7, 11) is 3.96. The van der Waals surface area contributed by atoms with Gasteiger partial charge < -0.3 is 16.0 Å². The van der Waals surface area contributed by atoms with Crippen molar-refractivity contribution in [2.75, 3.05) is 27.2 Å². The highest BCUT2D eigenvalue weighted by molar-refractivity contribution is 5.81. The summed E-state index contributed by atoms with van der Waals surface area (Å²) in [5.41, 5.74) is 7.19. The molecular weight excluding hydrogens is 266 g/mol. The third kappa shape index (κ3) is 4.14. The number of carbonyl (C=O) groups is 1. The van der Waals surface area contributed by atoms with Crippen LogP contribution in [0.4, 0.5) is 0 Å². The average Bonchev–Trinajstić information content (AvgIpc) is 2.93. The van der Waals surface area contributed by atoms with Crippen LogP contribution in [0.25, 0.3) is 5.69 Å². The van der Waals surface area contributed by atoms with E-state index >= 15 is 0 Å². The highest BCUT2D eigenvalue weighted by atomic mass is 16.1. The van der Waals surface area contributed by atoms with E-state index in [1.807, 2.05) is 55.5 Å². The Hall–Kier alpha value is -2.18. The largest absolute Gasteiger partial charge is 0.368 e. The number of likely N-dealkylation sites (N-methyl/N-ethyl adjacent to an activating group) is 1. The molecule has 1 amide bonds. The monoisotopic (exact) mass is 287 g/mol. The lowest BCUT2D eigenvalue weighted by atomic mass is 10.1. The van der Waals surface area contributed by atoms with Gasteiger partial charge in [0.1, 0.15) is 6.04 Å². The minimum absolute atomic E-state index is 0.402. The molecule has 112 valence electrons. The Labute approximate surface area is 124 Å². The summed E-state index contributed by atoms with van der Waals surface area (Å²) in [6, 6.07) is 9.21. The molecule has 1 atom stereocenters. The number of aromatic nitrogens is 2. The van der Waals surface area contributed by atoms with Gasteiger partial charge in [0, 0.05) is 24.8 Å². The molecule has 0 aliphatic rings. The van der Waals surface area contributed by atoms with E-state index < -0.39 is 11.9 Å². The number of rotatable bonds is 7. The second kappa shape index (κ2) is 7.01. The maximum Gasteiger partial charge on any atom is 0.239 e. The number of benzene rings is 1. The number of nitrogens with zero attached hydrogens (tertiary/aromatic N) is 3. The van der Waals surface area contributed by atoms with Crippen molar-refractivity contribution >= 4 is 5.91 Å². The number of nitrogens with two attached hydrogens (primary N) is 1. The molecule has 0 saturated heterocycles. The van der Waals surface area contributed by atoms with Crippen LogP contribution in [0.5, 0.6) is 0 Å². The zero-order chi connectivity index (χ0) is 15.2. The third-order valence-corrected chi connectivity index (χ3v) is 3.15. The second-order valence-electron chi connectivity index (χ2n) is 5.15. The summed E-state index contributed by atoms with van der Waals surface area (Å²) in [6.07, 6.45) is 3.50. The highest BCUT2D eigenvalue weighted by Crippen LogP contribution is 2.14. The first kappa shape index (κ1) is 15.2. The molecule has 21 heavy (non-hydrogen) atoms. The van der Waals surface area contributed by atoms with Crippen molar-refractivity contribution in [1.29, 1.82) is 0 Å². The molecule has 2 rings (SSSR count). The van der Waals surface area contributed by atoms with E-state index in [2.05, 4.69) is 10.4 Å². The van der Waals surface area contributed by atoms with Gasteiger partial charge in [-0.25, -0.2) is 4.68 Å².